The van der Waals surface area contributed by atoms with Crippen molar-refractivity contribution in [3.63, 3.8) is 0 Å². The van der Waals surface area contributed by atoms with E-state index in [2.05, 4.69) is 0 Å². The minimum Gasteiger partial charge on any atom is -2.00 e. The predicted molar refractivity (Wildman–Crippen MR) is 6.44 cm³/mol. The first-order chi connectivity index (χ1) is 0. The number of rotatable bonds is 0. The van der Waals surface area contributed by atoms with E-state index in [1.54, 1.807) is 0 Å². The van der Waals surface area contributed by atoms with Crippen LogP contribution in [0.3, 0.4) is 0 Å². The quantitative estimate of drug-likeness (QED) is 0.491. The zero-order chi connectivity index (χ0) is 0. The molecule has 0 unspecified atom stereocenters. The molecule has 0 aliphatic carbocycles. The van der Waals surface area contributed by atoms with Gasteiger partial charge in [-0.25, -0.2) is 0 Å². The smallest absolute Gasteiger partial charge is 2.00 e. The summed E-state index contributed by atoms with van der Waals surface area (Å²) >= 11 is 0. The van der Waals surface area contributed by atoms with E-state index in [9.17, 15) is 0 Å². The van der Waals surface area contributed by atoms with Crippen LogP contribution in [-0.4, -0.2) is 48.9 Å². The Kier molecular flexibility index (Phi) is 120. The molecule has 4 heavy (non-hydrogen) atoms. The van der Waals surface area contributed by atoms with E-state index in [1.165, 1.54) is 0 Å². The van der Waals surface area contributed by atoms with Crippen LogP contribution in [0.15, 0.2) is 0 Å². The molecule has 0 radical (unpaired) electrons. The summed E-state index contributed by atoms with van der Waals surface area (Å²) in [6.07, 6.45) is 0. The van der Waals surface area contributed by atoms with Crippen LogP contribution in [-0.2, 0) is 47.3 Å². The Morgan fingerprint density at radius 1 is 1.00 bits per heavy atom. The first-order valence-corrected chi connectivity index (χ1v) is 0. The first-order valence-electron chi connectivity index (χ1n) is 0. The molecule has 0 heterocycles. The minimum absolute atomic E-state index is 0. The fourth-order valence-corrected chi connectivity index (χ4v) is 0. The van der Waals surface area contributed by atoms with E-state index in [-0.39, 0.29) is 96.2 Å². The van der Waals surface area contributed by atoms with Gasteiger partial charge in [0.25, 0.3) is 0 Å². The molecule has 0 atom stereocenters. The summed E-state index contributed by atoms with van der Waals surface area (Å²) in [6.45, 7) is 0. The van der Waals surface area contributed by atoms with Crippen molar-refractivity contribution in [3.8, 4) is 0 Å². The van der Waals surface area contributed by atoms with Crippen LogP contribution in [0.4, 0.5) is 0 Å². The Balaban J connectivity index is 0. The van der Waals surface area contributed by atoms with Gasteiger partial charge in [-0.05, 0) is 0 Å². The fourth-order valence-electron chi connectivity index (χ4n) is 0. The van der Waals surface area contributed by atoms with Gasteiger partial charge in [0.05, 0.1) is 0 Å². The Morgan fingerprint density at radius 2 is 1.00 bits per heavy atom. The molecule has 4 heteroatoms. The van der Waals surface area contributed by atoms with Crippen LogP contribution in [0.25, 0.3) is 0 Å². The molecule has 0 N–H and O–H groups in total. The van der Waals surface area contributed by atoms with Gasteiger partial charge >= 0.3 is 90.7 Å². The maximum atomic E-state index is 0. The second kappa shape index (κ2) is 16.9. The molecule has 0 aliphatic rings. The molecule has 0 spiro atoms. The van der Waals surface area contributed by atoms with Crippen molar-refractivity contribution < 1.29 is 47.3 Å². The Hall–Kier alpha value is 2.90. The third-order valence-electron chi connectivity index (χ3n) is 0. The monoisotopic (exact) mass is 399 g/mol. The van der Waals surface area contributed by atoms with Crippen LogP contribution in [0.5, 0.6) is 0 Å². The second-order valence-corrected chi connectivity index (χ2v) is 0. The molecule has 1 nitrogen and oxygen atoms in total. The maximum Gasteiger partial charge on any atom is 5.00 e. The molecule has 0 aromatic carbocycles. The molecule has 8 valence electrons. The molecule has 0 saturated heterocycles. The van der Waals surface area contributed by atoms with Crippen LogP contribution >= 0.6 is 0 Å². The zero-order valence-electron chi connectivity index (χ0n) is 2.27. The standard InChI is InChI=1S/Ba.O.Ta.Zn/q+2;-2;+5;+2. The summed E-state index contributed by atoms with van der Waals surface area (Å²) in [7, 11) is 0. The van der Waals surface area contributed by atoms with Gasteiger partial charge < -0.3 is 5.48 Å². The Morgan fingerprint density at radius 3 is 1.00 bits per heavy atom. The van der Waals surface area contributed by atoms with E-state index in [4.69, 9.17) is 0 Å². The van der Waals surface area contributed by atoms with Crippen molar-refractivity contribution in [2.45, 2.75) is 0 Å². The van der Waals surface area contributed by atoms with Gasteiger partial charge in [-0.2, -0.15) is 0 Å². The van der Waals surface area contributed by atoms with Crippen molar-refractivity contribution in [3.05, 3.63) is 0 Å². The van der Waals surface area contributed by atoms with E-state index in [0.29, 0.717) is 0 Å². The van der Waals surface area contributed by atoms with Crippen molar-refractivity contribution in [1.29, 1.82) is 0 Å². The summed E-state index contributed by atoms with van der Waals surface area (Å²) in [5.41, 5.74) is 0. The minimum atomic E-state index is 0. The normalized spacial score (nSPS) is 0. The van der Waals surface area contributed by atoms with Gasteiger partial charge in [0, 0.05) is 0 Å². The van der Waals surface area contributed by atoms with E-state index in [1.807, 2.05) is 0 Å². The van der Waals surface area contributed by atoms with Gasteiger partial charge in [-0.3, -0.25) is 0 Å². The van der Waals surface area contributed by atoms with Crippen LogP contribution in [0.1, 0.15) is 0 Å². The summed E-state index contributed by atoms with van der Waals surface area (Å²) in [6, 6.07) is 0. The van der Waals surface area contributed by atoms with Gasteiger partial charge in [0.2, 0.25) is 0 Å². The summed E-state index contributed by atoms with van der Waals surface area (Å²) in [5, 5.41) is 0. The van der Waals surface area contributed by atoms with E-state index >= 15 is 0 Å². The summed E-state index contributed by atoms with van der Waals surface area (Å²) in [4.78, 5) is 0. The Bertz CT molecular complexity index is 8.00. The van der Waals surface area contributed by atoms with Gasteiger partial charge in [0.15, 0.2) is 0 Å². The fraction of sp³-hybridized carbons (Fsp3) is 0. The number of hydrogen-bond donors (Lipinski definition) is 0. The molecule has 0 rings (SSSR count). The van der Waals surface area contributed by atoms with Gasteiger partial charge in [0.1, 0.15) is 0 Å². The van der Waals surface area contributed by atoms with Crippen molar-refractivity contribution in [1.82, 2.24) is 0 Å². The average molecular weight is 400 g/mol. The third kappa shape index (κ3) is 8.86. The van der Waals surface area contributed by atoms with E-state index in [0.717, 1.165) is 0 Å². The molecule has 0 amide bonds. The Labute approximate surface area is 93.9 Å². The second-order valence-electron chi connectivity index (χ2n) is 0. The molecular weight excluding hydrogens is 400 g/mol. The van der Waals surface area contributed by atoms with Crippen LogP contribution in [0, 0.1) is 0 Å². The topological polar surface area (TPSA) is 28.5 Å². The van der Waals surface area contributed by atoms with Crippen LogP contribution < -0.4 is 0 Å². The van der Waals surface area contributed by atoms with Gasteiger partial charge in [-0.15, -0.1) is 0 Å². The molecular formula is BaOTaZn+7. The van der Waals surface area contributed by atoms with Crippen molar-refractivity contribution in [2.75, 3.05) is 0 Å². The molecule has 0 aromatic rings. The molecule has 0 aromatic heterocycles. The number of hydrogen-bond acceptors (Lipinski definition) is 0. The maximum absolute atomic E-state index is 0. The van der Waals surface area contributed by atoms with Crippen LogP contribution in [0.2, 0.25) is 0 Å². The molecule has 0 aliphatic heterocycles. The predicted octanol–water partition coefficient (Wildman–Crippen LogP) is -0.505. The average Bonchev–Trinajstić information content (AvgIpc) is 0. The summed E-state index contributed by atoms with van der Waals surface area (Å²) < 4.78 is 0. The van der Waals surface area contributed by atoms with Crippen molar-refractivity contribution in [2.24, 2.45) is 0 Å². The van der Waals surface area contributed by atoms with E-state index < -0.39 is 0 Å². The SMILES string of the molecule is [Ba+2].[O-2].[Ta+5].[Zn+2]. The zero-order valence-corrected chi connectivity index (χ0v) is 12.9. The molecule has 0 bridgehead atoms. The third-order valence-corrected chi connectivity index (χ3v) is 0. The van der Waals surface area contributed by atoms with Gasteiger partial charge in [-0.1, -0.05) is 0 Å². The molecule has 0 fully saturated rings. The first kappa shape index (κ1) is 28.6. The molecule has 0 saturated carbocycles. The summed E-state index contributed by atoms with van der Waals surface area (Å²) in [5.74, 6) is 0. The van der Waals surface area contributed by atoms with Crippen molar-refractivity contribution >= 4 is 48.9 Å². The largest absolute Gasteiger partial charge is 5.00 e.